The minimum absolute atomic E-state index is 0.0847. The highest BCUT2D eigenvalue weighted by molar-refractivity contribution is 7.93. The van der Waals surface area contributed by atoms with E-state index in [-0.39, 0.29) is 10.6 Å². The summed E-state index contributed by atoms with van der Waals surface area (Å²) in [4.78, 5) is 0.0847. The molecule has 2 aromatic rings. The lowest BCUT2D eigenvalue weighted by Crippen LogP contribution is -2.27. The third-order valence-corrected chi connectivity index (χ3v) is 5.07. The van der Waals surface area contributed by atoms with Gasteiger partial charge in [0.15, 0.2) is 0 Å². The Hall–Kier alpha value is -2.21. The maximum absolute atomic E-state index is 12.7. The number of hydrogen-bond acceptors (Lipinski definition) is 4. The van der Waals surface area contributed by atoms with Crippen LogP contribution >= 0.6 is 0 Å². The molecule has 0 aromatic heterocycles. The van der Waals surface area contributed by atoms with Gasteiger partial charge in [0, 0.05) is 7.05 Å². The van der Waals surface area contributed by atoms with Crippen LogP contribution in [-0.4, -0.2) is 22.6 Å². The molecule has 5 nitrogen and oxygen atoms in total. The summed E-state index contributed by atoms with van der Waals surface area (Å²) >= 11 is 0. The number of nitrogens with two attached hydrogens (primary N) is 1. The first-order valence-electron chi connectivity index (χ1n) is 6.36. The van der Waals surface area contributed by atoms with Gasteiger partial charge in [-0.1, -0.05) is 18.2 Å². The molecule has 0 heterocycles. The molecule has 2 rings (SSSR count). The lowest BCUT2D eigenvalue weighted by molar-refractivity contribution is 0.416. The molecule has 0 aliphatic heterocycles. The number of methoxy groups -OCH3 is 1. The highest BCUT2D eigenvalue weighted by Crippen LogP contribution is 2.32. The minimum atomic E-state index is -3.74. The number of sulfonamides is 1. The topological polar surface area (TPSA) is 72.6 Å². The first-order valence-corrected chi connectivity index (χ1v) is 7.80. The van der Waals surface area contributed by atoms with Gasteiger partial charge < -0.3 is 10.5 Å². The number of nitrogens with zero attached hydrogens (tertiary/aromatic N) is 1. The summed E-state index contributed by atoms with van der Waals surface area (Å²) in [6, 6.07) is 11.8. The first kappa shape index (κ1) is 15.2. The highest BCUT2D eigenvalue weighted by Gasteiger charge is 2.25. The number of para-hydroxylation sites is 2. The fraction of sp³-hybridized carbons (Fsp3) is 0.200. The van der Waals surface area contributed by atoms with E-state index in [0.29, 0.717) is 11.4 Å². The van der Waals surface area contributed by atoms with Crippen LogP contribution in [0.2, 0.25) is 0 Å². The molecule has 0 amide bonds. The Labute approximate surface area is 125 Å². The van der Waals surface area contributed by atoms with E-state index < -0.39 is 10.0 Å². The summed E-state index contributed by atoms with van der Waals surface area (Å²) < 4.78 is 31.8. The maximum Gasteiger partial charge on any atom is 0.266 e. The normalized spacial score (nSPS) is 11.2. The fourth-order valence-corrected chi connectivity index (χ4v) is 3.37. The summed E-state index contributed by atoms with van der Waals surface area (Å²) in [7, 11) is -0.766. The van der Waals surface area contributed by atoms with Crippen molar-refractivity contribution in [3.63, 3.8) is 0 Å². The van der Waals surface area contributed by atoms with Crippen molar-refractivity contribution in [1.82, 2.24) is 0 Å². The largest absolute Gasteiger partial charge is 0.495 e. The van der Waals surface area contributed by atoms with Crippen molar-refractivity contribution < 1.29 is 13.2 Å². The average Bonchev–Trinajstić information content (AvgIpc) is 2.46. The van der Waals surface area contributed by atoms with Gasteiger partial charge in [-0.25, -0.2) is 8.42 Å². The molecule has 0 aliphatic carbocycles. The SMILES string of the molecule is COc1ccccc1N(C)S(=O)(=O)c1ccc(C)cc1N. The summed E-state index contributed by atoms with van der Waals surface area (Å²) in [6.45, 7) is 1.86. The Balaban J connectivity index is 2.53. The van der Waals surface area contributed by atoms with Crippen LogP contribution in [0.25, 0.3) is 0 Å². The second-order valence-electron chi connectivity index (χ2n) is 4.69. The predicted molar refractivity (Wildman–Crippen MR) is 84.2 cm³/mol. The Morgan fingerprint density at radius 2 is 1.81 bits per heavy atom. The van der Waals surface area contributed by atoms with E-state index >= 15 is 0 Å². The lowest BCUT2D eigenvalue weighted by Gasteiger charge is -2.22. The van der Waals surface area contributed by atoms with Crippen molar-refractivity contribution in [3.8, 4) is 5.75 Å². The number of nitrogen functional groups attached to an aromatic ring is 1. The van der Waals surface area contributed by atoms with Gasteiger partial charge in [0.2, 0.25) is 0 Å². The smallest absolute Gasteiger partial charge is 0.266 e. The van der Waals surface area contributed by atoms with Gasteiger partial charge in [-0.05, 0) is 36.8 Å². The van der Waals surface area contributed by atoms with Crippen molar-refractivity contribution in [1.29, 1.82) is 0 Å². The Morgan fingerprint density at radius 3 is 2.43 bits per heavy atom. The third kappa shape index (κ3) is 2.80. The van der Waals surface area contributed by atoms with E-state index in [1.807, 2.05) is 6.92 Å². The molecular weight excluding hydrogens is 288 g/mol. The lowest BCUT2D eigenvalue weighted by atomic mass is 10.2. The molecule has 0 atom stereocenters. The molecule has 0 bridgehead atoms. The van der Waals surface area contributed by atoms with E-state index in [2.05, 4.69) is 0 Å². The van der Waals surface area contributed by atoms with Crippen molar-refractivity contribution >= 4 is 21.4 Å². The standard InChI is InChI=1S/C15H18N2O3S/c1-11-8-9-15(12(16)10-11)21(18,19)17(2)13-6-4-5-7-14(13)20-3/h4-10H,16H2,1-3H3. The zero-order valence-corrected chi connectivity index (χ0v) is 13.0. The highest BCUT2D eigenvalue weighted by atomic mass is 32.2. The van der Waals surface area contributed by atoms with Crippen molar-refractivity contribution in [3.05, 3.63) is 48.0 Å². The van der Waals surface area contributed by atoms with Crippen molar-refractivity contribution in [2.45, 2.75) is 11.8 Å². The number of rotatable bonds is 4. The summed E-state index contributed by atoms with van der Waals surface area (Å²) in [5, 5.41) is 0. The quantitative estimate of drug-likeness (QED) is 0.880. The van der Waals surface area contributed by atoms with Crippen LogP contribution in [0, 0.1) is 6.92 Å². The summed E-state index contributed by atoms with van der Waals surface area (Å²) in [6.07, 6.45) is 0. The average molecular weight is 306 g/mol. The molecule has 2 aromatic carbocycles. The predicted octanol–water partition coefficient (Wildman–Crippen LogP) is 2.41. The van der Waals surface area contributed by atoms with Gasteiger partial charge in [-0.3, -0.25) is 4.31 Å². The van der Waals surface area contributed by atoms with Crippen LogP contribution in [0.15, 0.2) is 47.4 Å². The Kier molecular flexibility index (Phi) is 4.09. The molecule has 0 saturated heterocycles. The molecule has 2 N–H and O–H groups in total. The van der Waals surface area contributed by atoms with Crippen molar-refractivity contribution in [2.24, 2.45) is 0 Å². The van der Waals surface area contributed by atoms with E-state index in [1.54, 1.807) is 36.4 Å². The summed E-state index contributed by atoms with van der Waals surface area (Å²) in [5.41, 5.74) is 7.46. The first-order chi connectivity index (χ1) is 9.87. The molecule has 0 saturated carbocycles. The van der Waals surface area contributed by atoms with Gasteiger partial charge in [-0.15, -0.1) is 0 Å². The Morgan fingerprint density at radius 1 is 1.14 bits per heavy atom. The van der Waals surface area contributed by atoms with Gasteiger partial charge >= 0.3 is 0 Å². The number of anilines is 2. The van der Waals surface area contributed by atoms with E-state index in [1.165, 1.54) is 24.5 Å². The Bertz CT molecular complexity index is 757. The van der Waals surface area contributed by atoms with Crippen LogP contribution in [-0.2, 0) is 10.0 Å². The molecule has 0 unspecified atom stereocenters. The third-order valence-electron chi connectivity index (χ3n) is 3.23. The molecular formula is C15H18N2O3S. The van der Waals surface area contributed by atoms with Crippen LogP contribution in [0.3, 0.4) is 0 Å². The monoisotopic (exact) mass is 306 g/mol. The maximum atomic E-state index is 12.7. The van der Waals surface area contributed by atoms with Crippen LogP contribution in [0.1, 0.15) is 5.56 Å². The zero-order chi connectivity index (χ0) is 15.6. The number of aryl methyl sites for hydroxylation is 1. The zero-order valence-electron chi connectivity index (χ0n) is 12.2. The fourth-order valence-electron chi connectivity index (χ4n) is 2.07. The molecule has 0 radical (unpaired) electrons. The van der Waals surface area contributed by atoms with Gasteiger partial charge in [0.05, 0.1) is 18.5 Å². The molecule has 0 fully saturated rings. The molecule has 21 heavy (non-hydrogen) atoms. The number of benzene rings is 2. The second kappa shape index (κ2) is 5.65. The van der Waals surface area contributed by atoms with Crippen LogP contribution in [0.4, 0.5) is 11.4 Å². The van der Waals surface area contributed by atoms with Crippen LogP contribution < -0.4 is 14.8 Å². The molecule has 112 valence electrons. The molecule has 6 heteroatoms. The minimum Gasteiger partial charge on any atom is -0.495 e. The van der Waals surface area contributed by atoms with Crippen LogP contribution in [0.5, 0.6) is 5.75 Å². The number of ether oxygens (including phenoxy) is 1. The van der Waals surface area contributed by atoms with Gasteiger partial charge in [0.25, 0.3) is 10.0 Å². The second-order valence-corrected chi connectivity index (χ2v) is 6.62. The molecule has 0 aliphatic rings. The number of hydrogen-bond donors (Lipinski definition) is 1. The van der Waals surface area contributed by atoms with Crippen molar-refractivity contribution in [2.75, 3.05) is 24.2 Å². The van der Waals surface area contributed by atoms with E-state index in [9.17, 15) is 8.42 Å². The molecule has 0 spiro atoms. The van der Waals surface area contributed by atoms with Gasteiger partial charge in [0.1, 0.15) is 10.6 Å². The van der Waals surface area contributed by atoms with E-state index in [0.717, 1.165) is 5.56 Å². The van der Waals surface area contributed by atoms with E-state index in [4.69, 9.17) is 10.5 Å². The summed E-state index contributed by atoms with van der Waals surface area (Å²) in [5.74, 6) is 0.481. The van der Waals surface area contributed by atoms with Gasteiger partial charge in [-0.2, -0.15) is 0 Å².